The molecule has 1 fully saturated rings. The van der Waals surface area contributed by atoms with Gasteiger partial charge in [-0.05, 0) is 71.5 Å². The van der Waals surface area contributed by atoms with Crippen molar-refractivity contribution in [2.45, 2.75) is 55.5 Å². The summed E-state index contributed by atoms with van der Waals surface area (Å²) in [6.07, 6.45) is 5.34. The van der Waals surface area contributed by atoms with Crippen molar-refractivity contribution in [2.24, 2.45) is 0 Å². The number of tetrazole rings is 1. The van der Waals surface area contributed by atoms with Gasteiger partial charge in [0.2, 0.25) is 11.1 Å². The maximum atomic E-state index is 13.4. The number of unbranched alkanes of at least 4 members (excludes halogenated alkanes) is 1. The zero-order valence-electron chi connectivity index (χ0n) is 16.8. The monoisotopic (exact) mass is 425 g/mol. The van der Waals surface area contributed by atoms with Crippen LogP contribution in [-0.4, -0.2) is 32.2 Å². The highest BCUT2D eigenvalue weighted by atomic mass is 32.2. The number of hydrogen-bond acceptors (Lipinski definition) is 5. The summed E-state index contributed by atoms with van der Waals surface area (Å²) < 4.78 is 15.0. The lowest BCUT2D eigenvalue weighted by atomic mass is 10.1. The number of nitrogens with zero attached hydrogens (tertiary/aromatic N) is 4. The molecule has 0 spiro atoms. The summed E-state index contributed by atoms with van der Waals surface area (Å²) in [5, 5.41) is 15.0. The third-order valence-corrected chi connectivity index (χ3v) is 6.19. The van der Waals surface area contributed by atoms with Gasteiger partial charge in [-0.25, -0.2) is 4.39 Å². The Bertz CT molecular complexity index is 986. The van der Waals surface area contributed by atoms with Gasteiger partial charge in [0.1, 0.15) is 11.1 Å². The topological polar surface area (TPSA) is 72.7 Å². The second-order valence-electron chi connectivity index (χ2n) is 7.48. The van der Waals surface area contributed by atoms with Crippen molar-refractivity contribution < 1.29 is 9.18 Å². The van der Waals surface area contributed by atoms with Gasteiger partial charge in [0.05, 0.1) is 5.69 Å². The van der Waals surface area contributed by atoms with E-state index in [1.165, 1.54) is 29.5 Å². The molecule has 30 heavy (non-hydrogen) atoms. The Balaban J connectivity index is 1.57. The number of carbonyl (C=O) groups is 1. The molecule has 6 nitrogen and oxygen atoms in total. The van der Waals surface area contributed by atoms with Crippen LogP contribution in [0.2, 0.25) is 0 Å². The smallest absolute Gasteiger partial charge is 0.238 e. The second-order valence-corrected chi connectivity index (χ2v) is 8.55. The molecule has 2 aromatic carbocycles. The zero-order valence-corrected chi connectivity index (χ0v) is 17.6. The number of halogens is 1. The van der Waals surface area contributed by atoms with Gasteiger partial charge in [-0.1, -0.05) is 49.4 Å². The molecule has 0 aliphatic heterocycles. The van der Waals surface area contributed by atoms with Gasteiger partial charge in [-0.2, -0.15) is 4.68 Å². The fraction of sp³-hybridized carbons (Fsp3) is 0.364. The summed E-state index contributed by atoms with van der Waals surface area (Å²) >= 11 is 1.26. The van der Waals surface area contributed by atoms with Crippen LogP contribution < -0.4 is 5.32 Å². The highest BCUT2D eigenvalue weighted by molar-refractivity contribution is 8.00. The molecular weight excluding hydrogens is 401 g/mol. The molecule has 1 heterocycles. The molecule has 0 bridgehead atoms. The van der Waals surface area contributed by atoms with E-state index in [4.69, 9.17) is 0 Å². The van der Waals surface area contributed by atoms with Crippen LogP contribution in [0.5, 0.6) is 0 Å². The Morgan fingerprint density at radius 1 is 1.20 bits per heavy atom. The predicted molar refractivity (Wildman–Crippen MR) is 114 cm³/mol. The van der Waals surface area contributed by atoms with Crippen LogP contribution in [0.3, 0.4) is 0 Å². The van der Waals surface area contributed by atoms with E-state index < -0.39 is 5.25 Å². The first-order chi connectivity index (χ1) is 14.6. The van der Waals surface area contributed by atoms with E-state index in [-0.39, 0.29) is 17.8 Å². The Kier molecular flexibility index (Phi) is 6.42. The standard InChI is InChI=1S/C22H24FN5OS/c1-2-3-4-15-5-13-19(14-6-15)28-22(25-26-27-28)30-20(21(29)24-18-11-12-18)16-7-9-17(23)10-8-16/h5-10,13-14,18,20H,2-4,11-12H2,1H3,(H,24,29). The summed E-state index contributed by atoms with van der Waals surface area (Å²) in [5.41, 5.74) is 2.82. The Morgan fingerprint density at radius 3 is 2.60 bits per heavy atom. The third kappa shape index (κ3) is 5.05. The average Bonchev–Trinajstić information content (AvgIpc) is 3.45. The van der Waals surface area contributed by atoms with Crippen molar-refractivity contribution in [3.63, 3.8) is 0 Å². The first-order valence-corrected chi connectivity index (χ1v) is 11.1. The van der Waals surface area contributed by atoms with E-state index in [0.29, 0.717) is 10.7 Å². The molecule has 1 aliphatic rings. The van der Waals surface area contributed by atoms with Gasteiger partial charge in [-0.3, -0.25) is 4.79 Å². The van der Waals surface area contributed by atoms with E-state index in [0.717, 1.165) is 37.8 Å². The molecule has 0 saturated heterocycles. The molecule has 156 valence electrons. The second kappa shape index (κ2) is 9.38. The highest BCUT2D eigenvalue weighted by Crippen LogP contribution is 2.36. The molecular formula is C22H24FN5OS. The number of nitrogens with one attached hydrogen (secondary N) is 1. The molecule has 8 heteroatoms. The summed E-state index contributed by atoms with van der Waals surface area (Å²) in [4.78, 5) is 12.9. The maximum Gasteiger partial charge on any atom is 0.238 e. The van der Waals surface area contributed by atoms with Crippen LogP contribution in [-0.2, 0) is 11.2 Å². The summed E-state index contributed by atoms with van der Waals surface area (Å²) in [5.74, 6) is -0.448. The Hall–Kier alpha value is -2.74. The van der Waals surface area contributed by atoms with E-state index in [1.54, 1.807) is 16.8 Å². The van der Waals surface area contributed by atoms with Crippen LogP contribution >= 0.6 is 11.8 Å². The Morgan fingerprint density at radius 2 is 1.93 bits per heavy atom. The van der Waals surface area contributed by atoms with Crippen molar-refractivity contribution in [1.29, 1.82) is 0 Å². The lowest BCUT2D eigenvalue weighted by Crippen LogP contribution is -2.30. The van der Waals surface area contributed by atoms with Crippen molar-refractivity contribution in [3.05, 3.63) is 65.5 Å². The fourth-order valence-corrected chi connectivity index (χ4v) is 4.12. The van der Waals surface area contributed by atoms with Gasteiger partial charge in [0, 0.05) is 6.04 Å². The van der Waals surface area contributed by atoms with E-state index >= 15 is 0 Å². The SMILES string of the molecule is CCCCc1ccc(-n2nnnc2SC(C(=O)NC2CC2)c2ccc(F)cc2)cc1. The first kappa shape index (κ1) is 20.5. The zero-order chi connectivity index (χ0) is 20.9. The van der Waals surface area contributed by atoms with Gasteiger partial charge >= 0.3 is 0 Å². The molecule has 1 amide bonds. The van der Waals surface area contributed by atoms with Crippen molar-refractivity contribution in [2.75, 3.05) is 0 Å². The normalized spacial score (nSPS) is 14.5. The lowest BCUT2D eigenvalue weighted by Gasteiger charge is -2.16. The van der Waals surface area contributed by atoms with E-state index in [9.17, 15) is 9.18 Å². The van der Waals surface area contributed by atoms with Crippen LogP contribution in [0.25, 0.3) is 5.69 Å². The number of benzene rings is 2. The van der Waals surface area contributed by atoms with E-state index in [1.807, 2.05) is 12.1 Å². The van der Waals surface area contributed by atoms with Crippen molar-refractivity contribution in [3.8, 4) is 5.69 Å². The molecule has 0 radical (unpaired) electrons. The number of hydrogen-bond donors (Lipinski definition) is 1. The Labute approximate surface area is 179 Å². The van der Waals surface area contributed by atoms with Gasteiger partial charge in [-0.15, -0.1) is 5.10 Å². The molecule has 4 rings (SSSR count). The lowest BCUT2D eigenvalue weighted by molar-refractivity contribution is -0.120. The summed E-state index contributed by atoms with van der Waals surface area (Å²) in [6.45, 7) is 2.18. The minimum Gasteiger partial charge on any atom is -0.352 e. The highest BCUT2D eigenvalue weighted by Gasteiger charge is 2.30. The van der Waals surface area contributed by atoms with Crippen LogP contribution in [0.1, 0.15) is 49.0 Å². The summed E-state index contributed by atoms with van der Waals surface area (Å²) in [7, 11) is 0. The molecule has 1 atom stereocenters. The van der Waals surface area contributed by atoms with Crippen LogP contribution in [0.4, 0.5) is 4.39 Å². The third-order valence-electron chi connectivity index (χ3n) is 5.00. The number of carbonyl (C=O) groups excluding carboxylic acids is 1. The quantitative estimate of drug-likeness (QED) is 0.519. The maximum absolute atomic E-state index is 13.4. The fourth-order valence-electron chi connectivity index (χ4n) is 3.12. The first-order valence-electron chi connectivity index (χ1n) is 10.2. The summed E-state index contributed by atoms with van der Waals surface area (Å²) in [6, 6.07) is 14.4. The molecule has 3 aromatic rings. The molecule has 1 unspecified atom stereocenters. The van der Waals surface area contributed by atoms with Crippen molar-refractivity contribution >= 4 is 17.7 Å². The largest absolute Gasteiger partial charge is 0.352 e. The average molecular weight is 426 g/mol. The van der Waals surface area contributed by atoms with Gasteiger partial charge in [0.15, 0.2) is 0 Å². The van der Waals surface area contributed by atoms with E-state index in [2.05, 4.69) is 39.9 Å². The van der Waals surface area contributed by atoms with Crippen LogP contribution in [0, 0.1) is 5.82 Å². The predicted octanol–water partition coefficient (Wildman–Crippen LogP) is 4.26. The number of rotatable bonds is 9. The molecule has 1 aromatic heterocycles. The molecule has 1 aliphatic carbocycles. The van der Waals surface area contributed by atoms with Crippen molar-refractivity contribution in [1.82, 2.24) is 25.5 Å². The minimum atomic E-state index is -0.570. The minimum absolute atomic E-state index is 0.112. The van der Waals surface area contributed by atoms with Crippen LogP contribution in [0.15, 0.2) is 53.7 Å². The number of amides is 1. The molecule has 1 saturated carbocycles. The number of aromatic nitrogens is 4. The number of aryl methyl sites for hydroxylation is 1. The van der Waals surface area contributed by atoms with Gasteiger partial charge < -0.3 is 5.32 Å². The number of thioether (sulfide) groups is 1. The molecule has 1 N–H and O–H groups in total. The van der Waals surface area contributed by atoms with Gasteiger partial charge in [0.25, 0.3) is 0 Å².